The maximum atomic E-state index is 2.65. The Bertz CT molecular complexity index is 459. The first kappa shape index (κ1) is 32.0. The first-order valence-corrected chi connectivity index (χ1v) is 14.7. The summed E-state index contributed by atoms with van der Waals surface area (Å²) in [6.45, 7) is 32.3. The number of rotatable bonds is 18. The van der Waals surface area contributed by atoms with Crippen molar-refractivity contribution in [3.05, 3.63) is 0 Å². The molecular formula is C32H66. The van der Waals surface area contributed by atoms with E-state index in [1.165, 1.54) is 64.2 Å². The van der Waals surface area contributed by atoms with Gasteiger partial charge in [0.2, 0.25) is 0 Å². The molecule has 0 aromatic rings. The number of hydrogen-bond acceptors (Lipinski definition) is 0. The Hall–Kier alpha value is 0. The van der Waals surface area contributed by atoms with Crippen LogP contribution in [0.2, 0.25) is 0 Å². The highest BCUT2D eigenvalue weighted by Crippen LogP contribution is 2.56. The van der Waals surface area contributed by atoms with E-state index < -0.39 is 0 Å². The molecule has 6 unspecified atom stereocenters. The van der Waals surface area contributed by atoms with E-state index in [9.17, 15) is 0 Å². The van der Waals surface area contributed by atoms with Crippen molar-refractivity contribution in [2.24, 2.45) is 52.3 Å². The van der Waals surface area contributed by atoms with Gasteiger partial charge in [-0.15, -0.1) is 0 Å². The highest BCUT2D eigenvalue weighted by atomic mass is 14.5. The maximum Gasteiger partial charge on any atom is -0.0241 e. The molecule has 0 aliphatic rings. The Kier molecular flexibility index (Phi) is 15.1. The maximum absolute atomic E-state index is 2.65. The van der Waals surface area contributed by atoms with Gasteiger partial charge in [-0.05, 0) is 84.4 Å². The van der Waals surface area contributed by atoms with E-state index in [2.05, 4.69) is 90.0 Å². The lowest BCUT2D eigenvalue weighted by Gasteiger charge is -2.53. The Labute approximate surface area is 206 Å². The Morgan fingerprint density at radius 3 is 1.59 bits per heavy atom. The fourth-order valence-corrected chi connectivity index (χ4v) is 6.29. The van der Waals surface area contributed by atoms with Crippen molar-refractivity contribution >= 4 is 0 Å². The van der Waals surface area contributed by atoms with Crippen LogP contribution in [0.25, 0.3) is 0 Å². The summed E-state index contributed by atoms with van der Waals surface area (Å²) in [4.78, 5) is 0. The zero-order valence-corrected chi connectivity index (χ0v) is 25.1. The minimum absolute atomic E-state index is 0.389. The summed E-state index contributed by atoms with van der Waals surface area (Å²) in [5.74, 6) is 5.78. The van der Waals surface area contributed by atoms with Crippen LogP contribution in [0.1, 0.15) is 154 Å². The minimum atomic E-state index is 0.389. The third kappa shape index (κ3) is 10.5. The zero-order chi connectivity index (χ0) is 25.1. The highest BCUT2D eigenvalue weighted by molar-refractivity contribution is 4.97. The molecule has 0 saturated heterocycles. The molecule has 0 heteroatoms. The van der Waals surface area contributed by atoms with Crippen LogP contribution < -0.4 is 0 Å². The lowest BCUT2D eigenvalue weighted by atomic mass is 9.52. The highest BCUT2D eigenvalue weighted by Gasteiger charge is 2.47. The van der Waals surface area contributed by atoms with E-state index in [1.54, 1.807) is 0 Å². The normalized spacial score (nSPS) is 19.6. The molecule has 6 atom stereocenters. The zero-order valence-electron chi connectivity index (χ0n) is 25.1. The van der Waals surface area contributed by atoms with Crippen LogP contribution in [0.5, 0.6) is 0 Å². The van der Waals surface area contributed by atoms with E-state index in [1.807, 2.05) is 0 Å². The Morgan fingerprint density at radius 1 is 0.562 bits per heavy atom. The molecule has 0 nitrogen and oxygen atoms in total. The third-order valence-electron chi connectivity index (χ3n) is 9.87. The summed E-state index contributed by atoms with van der Waals surface area (Å²) < 4.78 is 0. The van der Waals surface area contributed by atoms with Gasteiger partial charge in [0.05, 0.1) is 0 Å². The van der Waals surface area contributed by atoms with Gasteiger partial charge in [0, 0.05) is 0 Å². The second kappa shape index (κ2) is 15.1. The summed E-state index contributed by atoms with van der Waals surface area (Å²) in [6.07, 6.45) is 13.9. The van der Waals surface area contributed by atoms with E-state index in [4.69, 9.17) is 0 Å². The monoisotopic (exact) mass is 451 g/mol. The van der Waals surface area contributed by atoms with Crippen LogP contribution >= 0.6 is 0 Å². The summed E-state index contributed by atoms with van der Waals surface area (Å²) >= 11 is 0. The van der Waals surface area contributed by atoms with E-state index >= 15 is 0 Å². The lowest BCUT2D eigenvalue weighted by Crippen LogP contribution is -2.44. The molecular weight excluding hydrogens is 384 g/mol. The summed E-state index contributed by atoms with van der Waals surface area (Å²) in [5, 5.41) is 0. The molecule has 0 saturated carbocycles. The molecule has 0 aliphatic heterocycles. The van der Waals surface area contributed by atoms with Crippen molar-refractivity contribution in [1.82, 2.24) is 0 Å². The van der Waals surface area contributed by atoms with Crippen molar-refractivity contribution < 1.29 is 0 Å². The van der Waals surface area contributed by atoms with Gasteiger partial charge in [0.15, 0.2) is 0 Å². The molecule has 0 N–H and O–H groups in total. The molecule has 194 valence electrons. The quantitative estimate of drug-likeness (QED) is 0.195. The molecule has 0 radical (unpaired) electrons. The average molecular weight is 451 g/mol. The number of hydrogen-bond donors (Lipinski definition) is 0. The molecule has 32 heavy (non-hydrogen) atoms. The van der Waals surface area contributed by atoms with E-state index in [0.29, 0.717) is 10.8 Å². The summed E-state index contributed by atoms with van der Waals surface area (Å²) in [7, 11) is 0. The van der Waals surface area contributed by atoms with Crippen LogP contribution in [-0.2, 0) is 0 Å². The molecule has 0 aromatic carbocycles. The molecule has 0 amide bonds. The fourth-order valence-electron chi connectivity index (χ4n) is 6.29. The van der Waals surface area contributed by atoms with E-state index in [-0.39, 0.29) is 0 Å². The second-order valence-electron chi connectivity index (χ2n) is 13.8. The van der Waals surface area contributed by atoms with Crippen LogP contribution in [0.4, 0.5) is 0 Å². The second-order valence-corrected chi connectivity index (χ2v) is 13.8. The van der Waals surface area contributed by atoms with Crippen LogP contribution in [0.15, 0.2) is 0 Å². The Balaban J connectivity index is 5.97. The Morgan fingerprint density at radius 2 is 1.12 bits per heavy atom. The predicted octanol–water partition coefficient (Wildman–Crippen LogP) is 11.4. The average Bonchev–Trinajstić information content (AvgIpc) is 2.71. The van der Waals surface area contributed by atoms with Gasteiger partial charge < -0.3 is 0 Å². The summed E-state index contributed by atoms with van der Waals surface area (Å²) in [5.41, 5.74) is 0.854. The van der Waals surface area contributed by atoms with Crippen LogP contribution in [0.3, 0.4) is 0 Å². The first-order valence-electron chi connectivity index (χ1n) is 14.7. The fraction of sp³-hybridized carbons (Fsp3) is 1.00. The van der Waals surface area contributed by atoms with Crippen molar-refractivity contribution in [2.45, 2.75) is 154 Å². The standard InChI is InChI=1S/C32H66/c1-14-28(9)29(10)19-21-32(31(12,13)30(11)15-2,20-18-26(7)22-25(5)6)23-27(8)17-16-24(3)4/h24-30H,14-23H2,1-13H3. The van der Waals surface area contributed by atoms with Gasteiger partial charge in [0.25, 0.3) is 0 Å². The van der Waals surface area contributed by atoms with Crippen LogP contribution in [0, 0.1) is 52.3 Å². The SMILES string of the molecule is CCC(C)C(C)CCC(CCC(C)CC(C)C)(CC(C)CCC(C)C)C(C)(C)C(C)CC. The first-order chi connectivity index (χ1) is 14.7. The largest absolute Gasteiger partial charge is 0.0651 e. The molecule has 0 aliphatic carbocycles. The molecule has 0 spiro atoms. The van der Waals surface area contributed by atoms with Gasteiger partial charge in [-0.25, -0.2) is 0 Å². The van der Waals surface area contributed by atoms with Crippen molar-refractivity contribution in [3.63, 3.8) is 0 Å². The van der Waals surface area contributed by atoms with Gasteiger partial charge in [-0.3, -0.25) is 0 Å². The third-order valence-corrected chi connectivity index (χ3v) is 9.87. The van der Waals surface area contributed by atoms with Crippen molar-refractivity contribution in [2.75, 3.05) is 0 Å². The van der Waals surface area contributed by atoms with Crippen molar-refractivity contribution in [1.29, 1.82) is 0 Å². The molecule has 0 rings (SSSR count). The molecule has 0 aromatic heterocycles. The van der Waals surface area contributed by atoms with Crippen LogP contribution in [-0.4, -0.2) is 0 Å². The van der Waals surface area contributed by atoms with Crippen molar-refractivity contribution in [3.8, 4) is 0 Å². The lowest BCUT2D eigenvalue weighted by molar-refractivity contribution is -0.0336. The van der Waals surface area contributed by atoms with Gasteiger partial charge in [0.1, 0.15) is 0 Å². The van der Waals surface area contributed by atoms with E-state index in [0.717, 1.165) is 41.4 Å². The smallest absolute Gasteiger partial charge is 0.0241 e. The topological polar surface area (TPSA) is 0 Å². The molecule has 0 fully saturated rings. The molecule has 0 heterocycles. The summed E-state index contributed by atoms with van der Waals surface area (Å²) in [6, 6.07) is 0. The molecule has 0 bridgehead atoms. The minimum Gasteiger partial charge on any atom is -0.0651 e. The van der Waals surface area contributed by atoms with Gasteiger partial charge >= 0.3 is 0 Å². The van der Waals surface area contributed by atoms with Gasteiger partial charge in [-0.2, -0.15) is 0 Å². The predicted molar refractivity (Wildman–Crippen MR) is 149 cm³/mol. The van der Waals surface area contributed by atoms with Gasteiger partial charge in [-0.1, -0.05) is 122 Å².